The van der Waals surface area contributed by atoms with Crippen molar-refractivity contribution in [2.75, 3.05) is 48.7 Å². The van der Waals surface area contributed by atoms with Crippen molar-refractivity contribution in [3.63, 3.8) is 0 Å². The van der Waals surface area contributed by atoms with Gasteiger partial charge in [-0.1, -0.05) is 31.0 Å². The first-order valence-corrected chi connectivity index (χ1v) is 14.7. The summed E-state index contributed by atoms with van der Waals surface area (Å²) in [5, 5.41) is 9.01. The van der Waals surface area contributed by atoms with E-state index in [0.717, 1.165) is 50.0 Å². The molecule has 5 rings (SSSR count). The van der Waals surface area contributed by atoms with Crippen molar-refractivity contribution in [2.24, 2.45) is 5.92 Å². The predicted molar refractivity (Wildman–Crippen MR) is 145 cm³/mol. The Morgan fingerprint density at radius 1 is 1.21 bits per heavy atom. The van der Waals surface area contributed by atoms with Gasteiger partial charge in [-0.15, -0.1) is 0 Å². The third-order valence-corrected chi connectivity index (χ3v) is 8.76. The minimum Gasteiger partial charge on any atom is -0.496 e. The van der Waals surface area contributed by atoms with Crippen LogP contribution in [-0.4, -0.2) is 73.2 Å². The first-order chi connectivity index (χ1) is 18.3. The first kappa shape index (κ1) is 26.1. The number of rotatable bonds is 9. The van der Waals surface area contributed by atoms with Crippen LogP contribution in [0, 0.1) is 5.92 Å². The molecule has 3 aromatic rings. The topological polar surface area (TPSA) is 123 Å². The van der Waals surface area contributed by atoms with Crippen molar-refractivity contribution in [1.29, 1.82) is 0 Å². The number of hydrogen-bond acceptors (Lipinski definition) is 8. The normalized spacial score (nSPS) is 17.1. The molecule has 1 saturated carbocycles. The summed E-state index contributed by atoms with van der Waals surface area (Å²) in [4.78, 5) is 15.8. The van der Waals surface area contributed by atoms with Crippen LogP contribution in [0.2, 0.25) is 0 Å². The number of anilines is 2. The molecular weight excluding hydrogens is 508 g/mol. The largest absolute Gasteiger partial charge is 0.496 e. The number of aromatic nitrogens is 3. The lowest BCUT2D eigenvalue weighted by Crippen LogP contribution is -2.48. The molecular formula is C26H34N6O5S. The van der Waals surface area contributed by atoms with Gasteiger partial charge in [-0.3, -0.25) is 14.2 Å². The Labute approximate surface area is 222 Å². The van der Waals surface area contributed by atoms with Crippen LogP contribution in [0.4, 0.5) is 11.5 Å². The van der Waals surface area contributed by atoms with Gasteiger partial charge in [0.05, 0.1) is 31.3 Å². The Balaban J connectivity index is 1.28. The van der Waals surface area contributed by atoms with Crippen LogP contribution in [0.15, 0.2) is 41.7 Å². The van der Waals surface area contributed by atoms with Gasteiger partial charge in [-0.05, 0) is 42.5 Å². The SMILES string of the molecule is C=CC(=O)N1CCN(c2cnn(Cc3cc(OC)c4c(NS(=O)(=O)CC5CCCCC5)noc4c3)c2)CC1. The number of nitrogens with one attached hydrogen (secondary N) is 1. The Morgan fingerprint density at radius 2 is 1.97 bits per heavy atom. The third-order valence-electron chi connectivity index (χ3n) is 7.35. The molecule has 1 N–H and O–H groups in total. The molecule has 204 valence electrons. The van der Waals surface area contributed by atoms with Gasteiger partial charge in [0.15, 0.2) is 11.4 Å². The third kappa shape index (κ3) is 5.79. The molecule has 0 bridgehead atoms. The van der Waals surface area contributed by atoms with E-state index in [-0.39, 0.29) is 23.4 Å². The molecule has 1 aromatic carbocycles. The van der Waals surface area contributed by atoms with E-state index in [1.165, 1.54) is 19.6 Å². The number of methoxy groups -OCH3 is 1. The van der Waals surface area contributed by atoms with Crippen LogP contribution >= 0.6 is 0 Å². The van der Waals surface area contributed by atoms with E-state index in [2.05, 4.69) is 26.5 Å². The molecule has 1 saturated heterocycles. The summed E-state index contributed by atoms with van der Waals surface area (Å²) in [7, 11) is -2.03. The number of nitrogens with zero attached hydrogens (tertiary/aromatic N) is 5. The molecule has 0 atom stereocenters. The highest BCUT2D eigenvalue weighted by molar-refractivity contribution is 7.92. The van der Waals surface area contributed by atoms with Crippen LogP contribution in [-0.2, 0) is 21.4 Å². The quantitative estimate of drug-likeness (QED) is 0.409. The average molecular weight is 543 g/mol. The van der Waals surface area contributed by atoms with E-state index in [9.17, 15) is 13.2 Å². The van der Waals surface area contributed by atoms with Gasteiger partial charge in [0.1, 0.15) is 11.1 Å². The average Bonchev–Trinajstić information content (AvgIpc) is 3.55. The zero-order valence-electron chi connectivity index (χ0n) is 21.6. The maximum atomic E-state index is 12.8. The highest BCUT2D eigenvalue weighted by Crippen LogP contribution is 2.35. The maximum Gasteiger partial charge on any atom is 0.246 e. The minimum absolute atomic E-state index is 0.0442. The lowest BCUT2D eigenvalue weighted by molar-refractivity contribution is -0.126. The lowest BCUT2D eigenvalue weighted by Gasteiger charge is -2.34. The standard InChI is InChI=1S/C26H34N6O5S/c1-3-24(33)31-11-9-30(10-12-31)21-15-27-32(17-21)16-20-13-22(36-2)25-23(14-20)37-28-26(25)29-38(34,35)18-19-7-5-4-6-8-19/h3,13-15,17,19H,1,4-12,16,18H2,2H3,(H,28,29). The molecule has 3 heterocycles. The van der Waals surface area contributed by atoms with Crippen molar-refractivity contribution in [2.45, 2.75) is 38.6 Å². The van der Waals surface area contributed by atoms with Crippen molar-refractivity contribution in [3.8, 4) is 5.75 Å². The second kappa shape index (κ2) is 11.1. The highest BCUT2D eigenvalue weighted by atomic mass is 32.2. The zero-order chi connectivity index (χ0) is 26.7. The van der Waals surface area contributed by atoms with Crippen molar-refractivity contribution < 1.29 is 22.5 Å². The van der Waals surface area contributed by atoms with E-state index >= 15 is 0 Å². The van der Waals surface area contributed by atoms with Crippen LogP contribution < -0.4 is 14.4 Å². The number of amides is 1. The molecule has 38 heavy (non-hydrogen) atoms. The number of piperazine rings is 1. The molecule has 2 aliphatic rings. The number of carbonyl (C=O) groups is 1. The minimum atomic E-state index is -3.57. The molecule has 11 nitrogen and oxygen atoms in total. The van der Waals surface area contributed by atoms with Crippen molar-refractivity contribution in [3.05, 3.63) is 42.7 Å². The van der Waals surface area contributed by atoms with E-state index in [1.807, 2.05) is 29.2 Å². The Morgan fingerprint density at radius 3 is 2.68 bits per heavy atom. The van der Waals surface area contributed by atoms with Crippen LogP contribution in [0.5, 0.6) is 5.75 Å². The van der Waals surface area contributed by atoms with Gasteiger partial charge in [-0.2, -0.15) is 5.10 Å². The fourth-order valence-electron chi connectivity index (χ4n) is 5.37. The van der Waals surface area contributed by atoms with Gasteiger partial charge in [-0.25, -0.2) is 8.42 Å². The molecule has 2 fully saturated rings. The van der Waals surface area contributed by atoms with Crippen LogP contribution in [0.3, 0.4) is 0 Å². The van der Waals surface area contributed by atoms with E-state index in [1.54, 1.807) is 4.90 Å². The van der Waals surface area contributed by atoms with Gasteiger partial charge in [0, 0.05) is 32.4 Å². The number of carbonyl (C=O) groups excluding carboxylic acids is 1. The molecule has 1 aliphatic heterocycles. The van der Waals surface area contributed by atoms with E-state index in [0.29, 0.717) is 36.4 Å². The molecule has 2 aromatic heterocycles. The fourth-order valence-corrected chi connectivity index (χ4v) is 6.84. The summed E-state index contributed by atoms with van der Waals surface area (Å²) in [6.07, 6.45) is 10.3. The van der Waals surface area contributed by atoms with Crippen molar-refractivity contribution >= 4 is 38.4 Å². The van der Waals surface area contributed by atoms with Gasteiger partial charge >= 0.3 is 0 Å². The van der Waals surface area contributed by atoms with Gasteiger partial charge < -0.3 is 19.1 Å². The summed E-state index contributed by atoms with van der Waals surface area (Å²) < 4.78 is 41.2. The number of fused-ring (bicyclic) bond motifs is 1. The Kier molecular flexibility index (Phi) is 7.59. The van der Waals surface area contributed by atoms with Crippen LogP contribution in [0.25, 0.3) is 11.0 Å². The van der Waals surface area contributed by atoms with E-state index in [4.69, 9.17) is 9.26 Å². The summed E-state index contributed by atoms with van der Waals surface area (Å²) in [6, 6.07) is 3.67. The fraction of sp³-hybridized carbons (Fsp3) is 0.500. The molecule has 12 heteroatoms. The number of hydrogen-bond donors (Lipinski definition) is 1. The van der Waals surface area contributed by atoms with Crippen molar-refractivity contribution in [1.82, 2.24) is 19.8 Å². The Hall–Kier alpha value is -3.54. The molecule has 1 aliphatic carbocycles. The predicted octanol–water partition coefficient (Wildman–Crippen LogP) is 3.24. The second-order valence-electron chi connectivity index (χ2n) is 10.0. The monoisotopic (exact) mass is 542 g/mol. The number of benzene rings is 1. The lowest BCUT2D eigenvalue weighted by atomic mass is 9.91. The Bertz CT molecular complexity index is 1400. The summed E-state index contributed by atoms with van der Waals surface area (Å²) >= 11 is 0. The molecule has 0 spiro atoms. The maximum absolute atomic E-state index is 12.8. The highest BCUT2D eigenvalue weighted by Gasteiger charge is 2.25. The molecule has 1 amide bonds. The summed E-state index contributed by atoms with van der Waals surface area (Å²) in [5.41, 5.74) is 2.29. The van der Waals surface area contributed by atoms with E-state index < -0.39 is 10.0 Å². The zero-order valence-corrected chi connectivity index (χ0v) is 22.5. The molecule has 0 radical (unpaired) electrons. The number of sulfonamides is 1. The summed E-state index contributed by atoms with van der Waals surface area (Å²) in [5.74, 6) is 0.838. The number of ether oxygens (including phenoxy) is 1. The van der Waals surface area contributed by atoms with Gasteiger partial charge in [0.25, 0.3) is 0 Å². The van der Waals surface area contributed by atoms with Gasteiger partial charge in [0.2, 0.25) is 15.9 Å². The smallest absolute Gasteiger partial charge is 0.246 e. The molecule has 0 unspecified atom stereocenters. The second-order valence-corrected chi connectivity index (χ2v) is 11.8. The first-order valence-electron chi connectivity index (χ1n) is 13.0. The summed E-state index contributed by atoms with van der Waals surface area (Å²) in [6.45, 7) is 6.75. The van der Waals surface area contributed by atoms with Crippen LogP contribution in [0.1, 0.15) is 37.7 Å².